The molecular formula is C16H20N2O2. The van der Waals surface area contributed by atoms with Crippen molar-refractivity contribution in [1.29, 1.82) is 0 Å². The number of nitrogens with zero attached hydrogens (tertiary/aromatic N) is 1. The predicted molar refractivity (Wildman–Crippen MR) is 81.2 cm³/mol. The van der Waals surface area contributed by atoms with E-state index in [4.69, 9.17) is 5.11 Å². The molecule has 1 unspecified atom stereocenters. The molecule has 4 nitrogen and oxygen atoms in total. The minimum atomic E-state index is -0.0256. The monoisotopic (exact) mass is 272 g/mol. The number of H-pyrrole nitrogens is 1. The molecule has 1 saturated heterocycles. The lowest BCUT2D eigenvalue weighted by Gasteiger charge is -2.33. The second-order valence-electron chi connectivity index (χ2n) is 5.54. The number of aliphatic hydroxyl groups excluding tert-OH is 1. The number of pyridine rings is 1. The van der Waals surface area contributed by atoms with Crippen molar-refractivity contribution in [3.8, 4) is 0 Å². The van der Waals surface area contributed by atoms with Crippen molar-refractivity contribution in [3.05, 3.63) is 40.7 Å². The van der Waals surface area contributed by atoms with Gasteiger partial charge in [-0.05, 0) is 42.7 Å². The van der Waals surface area contributed by atoms with Crippen LogP contribution in [0.3, 0.4) is 0 Å². The number of hydrogen-bond donors (Lipinski definition) is 2. The highest BCUT2D eigenvalue weighted by Gasteiger charge is 2.20. The van der Waals surface area contributed by atoms with Gasteiger partial charge in [-0.2, -0.15) is 0 Å². The molecule has 3 rings (SSSR count). The van der Waals surface area contributed by atoms with Gasteiger partial charge in [0.2, 0.25) is 0 Å². The highest BCUT2D eigenvalue weighted by molar-refractivity contribution is 5.83. The maximum Gasteiger partial charge on any atom is 0.257 e. The van der Waals surface area contributed by atoms with Gasteiger partial charge in [-0.3, -0.25) is 4.79 Å². The molecule has 0 spiro atoms. The highest BCUT2D eigenvalue weighted by Crippen LogP contribution is 2.24. The van der Waals surface area contributed by atoms with Crippen LogP contribution in [0.1, 0.15) is 19.3 Å². The largest absolute Gasteiger partial charge is 0.396 e. The highest BCUT2D eigenvalue weighted by atomic mass is 16.3. The number of rotatable bonds is 3. The quantitative estimate of drug-likeness (QED) is 0.900. The van der Waals surface area contributed by atoms with Crippen LogP contribution < -0.4 is 10.5 Å². The van der Waals surface area contributed by atoms with Crippen molar-refractivity contribution in [2.75, 3.05) is 24.6 Å². The third-order valence-corrected chi connectivity index (χ3v) is 4.14. The summed E-state index contributed by atoms with van der Waals surface area (Å²) in [7, 11) is 0. The molecule has 0 bridgehead atoms. The third kappa shape index (κ3) is 2.56. The van der Waals surface area contributed by atoms with Gasteiger partial charge in [0.25, 0.3) is 5.56 Å². The van der Waals surface area contributed by atoms with Crippen LogP contribution >= 0.6 is 0 Å². The Bertz CT molecular complexity index is 648. The SMILES string of the molecule is O=c1[nH]c(N2CCCC(CCO)C2)cc2ccccc12. The van der Waals surface area contributed by atoms with E-state index in [0.29, 0.717) is 5.92 Å². The molecule has 1 aromatic carbocycles. The van der Waals surface area contributed by atoms with Crippen LogP contribution in [0, 0.1) is 5.92 Å². The summed E-state index contributed by atoms with van der Waals surface area (Å²) < 4.78 is 0. The lowest BCUT2D eigenvalue weighted by molar-refractivity contribution is 0.244. The molecule has 2 N–H and O–H groups in total. The fourth-order valence-corrected chi connectivity index (χ4v) is 3.07. The lowest BCUT2D eigenvalue weighted by atomic mass is 9.95. The first kappa shape index (κ1) is 13.2. The van der Waals surface area contributed by atoms with E-state index in [2.05, 4.69) is 16.0 Å². The Balaban J connectivity index is 1.92. The number of aromatic amines is 1. The summed E-state index contributed by atoms with van der Waals surface area (Å²) >= 11 is 0. The first-order valence-electron chi connectivity index (χ1n) is 7.26. The van der Waals surface area contributed by atoms with E-state index < -0.39 is 0 Å². The molecule has 1 aliphatic heterocycles. The number of piperidine rings is 1. The first-order chi connectivity index (χ1) is 9.78. The number of benzene rings is 1. The van der Waals surface area contributed by atoms with E-state index in [9.17, 15) is 4.79 Å². The number of hydrogen-bond acceptors (Lipinski definition) is 3. The summed E-state index contributed by atoms with van der Waals surface area (Å²) in [5.41, 5.74) is -0.0256. The van der Waals surface area contributed by atoms with Crippen molar-refractivity contribution in [3.63, 3.8) is 0 Å². The summed E-state index contributed by atoms with van der Waals surface area (Å²) in [6.45, 7) is 2.12. The number of fused-ring (bicyclic) bond motifs is 1. The standard InChI is InChI=1S/C16H20N2O2/c19-9-7-12-4-3-8-18(11-12)15-10-13-5-1-2-6-14(13)16(20)17-15/h1-2,5-6,10,12,19H,3-4,7-9,11H2,(H,17,20). The van der Waals surface area contributed by atoms with E-state index in [-0.39, 0.29) is 12.2 Å². The fourth-order valence-electron chi connectivity index (χ4n) is 3.07. The zero-order chi connectivity index (χ0) is 13.9. The summed E-state index contributed by atoms with van der Waals surface area (Å²) in [6, 6.07) is 9.72. The Morgan fingerprint density at radius 3 is 3.05 bits per heavy atom. The van der Waals surface area contributed by atoms with Gasteiger partial charge in [0.05, 0.1) is 0 Å². The Kier molecular flexibility index (Phi) is 3.74. The summed E-state index contributed by atoms with van der Waals surface area (Å²) in [5, 5.41) is 10.8. The van der Waals surface area contributed by atoms with Crippen molar-refractivity contribution in [2.24, 2.45) is 5.92 Å². The average molecular weight is 272 g/mol. The molecule has 1 atom stereocenters. The van der Waals surface area contributed by atoms with Crippen LogP contribution in [0.15, 0.2) is 35.1 Å². The smallest absolute Gasteiger partial charge is 0.257 e. The van der Waals surface area contributed by atoms with E-state index in [1.165, 1.54) is 0 Å². The maximum atomic E-state index is 12.1. The zero-order valence-electron chi connectivity index (χ0n) is 11.5. The van der Waals surface area contributed by atoms with Gasteiger partial charge >= 0.3 is 0 Å². The normalized spacial score (nSPS) is 19.4. The van der Waals surface area contributed by atoms with Crippen LogP contribution in [0.2, 0.25) is 0 Å². The summed E-state index contributed by atoms with van der Waals surface area (Å²) in [6.07, 6.45) is 3.11. The molecule has 2 heterocycles. The molecule has 2 aromatic rings. The van der Waals surface area contributed by atoms with Gasteiger partial charge in [0.15, 0.2) is 0 Å². The zero-order valence-corrected chi connectivity index (χ0v) is 11.5. The van der Waals surface area contributed by atoms with Crippen LogP contribution in [0.5, 0.6) is 0 Å². The van der Waals surface area contributed by atoms with Crippen LogP contribution in [-0.4, -0.2) is 29.8 Å². The van der Waals surface area contributed by atoms with E-state index >= 15 is 0 Å². The van der Waals surface area contributed by atoms with E-state index in [1.54, 1.807) is 0 Å². The fraction of sp³-hybridized carbons (Fsp3) is 0.438. The number of aliphatic hydroxyl groups is 1. The molecule has 0 saturated carbocycles. The summed E-state index contributed by atoms with van der Waals surface area (Å²) in [5.74, 6) is 1.42. The number of aromatic nitrogens is 1. The third-order valence-electron chi connectivity index (χ3n) is 4.14. The number of anilines is 1. The van der Waals surface area contributed by atoms with Crippen molar-refractivity contribution < 1.29 is 5.11 Å². The molecule has 0 amide bonds. The Morgan fingerprint density at radius 1 is 1.35 bits per heavy atom. The van der Waals surface area contributed by atoms with Crippen LogP contribution in [0.4, 0.5) is 5.82 Å². The van der Waals surface area contributed by atoms with Gasteiger partial charge in [0, 0.05) is 25.1 Å². The van der Waals surface area contributed by atoms with Gasteiger partial charge in [-0.25, -0.2) is 0 Å². The van der Waals surface area contributed by atoms with Gasteiger partial charge in [-0.1, -0.05) is 18.2 Å². The molecular weight excluding hydrogens is 252 g/mol. The van der Waals surface area contributed by atoms with Crippen LogP contribution in [-0.2, 0) is 0 Å². The minimum Gasteiger partial charge on any atom is -0.396 e. The molecule has 1 aromatic heterocycles. The first-order valence-corrected chi connectivity index (χ1v) is 7.26. The predicted octanol–water partition coefficient (Wildman–Crippen LogP) is 2.13. The Morgan fingerprint density at radius 2 is 2.20 bits per heavy atom. The topological polar surface area (TPSA) is 56.3 Å². The van der Waals surface area contributed by atoms with E-state index in [1.807, 2.05) is 24.3 Å². The van der Waals surface area contributed by atoms with Crippen molar-refractivity contribution >= 4 is 16.6 Å². The molecule has 1 aliphatic rings. The molecule has 1 fully saturated rings. The Hall–Kier alpha value is -1.81. The maximum absolute atomic E-state index is 12.1. The summed E-state index contributed by atoms with van der Waals surface area (Å²) in [4.78, 5) is 17.4. The number of nitrogens with one attached hydrogen (secondary N) is 1. The van der Waals surface area contributed by atoms with Crippen molar-refractivity contribution in [1.82, 2.24) is 4.98 Å². The molecule has 0 aliphatic carbocycles. The van der Waals surface area contributed by atoms with Crippen LogP contribution in [0.25, 0.3) is 10.8 Å². The second-order valence-corrected chi connectivity index (χ2v) is 5.54. The van der Waals surface area contributed by atoms with Gasteiger partial charge in [0.1, 0.15) is 5.82 Å². The minimum absolute atomic E-state index is 0.0256. The lowest BCUT2D eigenvalue weighted by Crippen LogP contribution is -2.37. The molecule has 20 heavy (non-hydrogen) atoms. The Labute approximate surface area is 118 Å². The molecule has 0 radical (unpaired) electrons. The van der Waals surface area contributed by atoms with Gasteiger partial charge < -0.3 is 15.0 Å². The van der Waals surface area contributed by atoms with E-state index in [0.717, 1.165) is 48.9 Å². The average Bonchev–Trinajstić information content (AvgIpc) is 2.48. The van der Waals surface area contributed by atoms with Gasteiger partial charge in [-0.15, -0.1) is 0 Å². The molecule has 4 heteroatoms. The second kappa shape index (κ2) is 5.67. The van der Waals surface area contributed by atoms with Crippen molar-refractivity contribution in [2.45, 2.75) is 19.3 Å². The molecule has 106 valence electrons.